The van der Waals surface area contributed by atoms with Crippen molar-refractivity contribution in [3.8, 4) is 5.75 Å². The third-order valence-corrected chi connectivity index (χ3v) is 6.40. The van der Waals surface area contributed by atoms with Gasteiger partial charge < -0.3 is 15.0 Å². The van der Waals surface area contributed by atoms with Gasteiger partial charge in [0, 0.05) is 30.4 Å². The van der Waals surface area contributed by atoms with Crippen molar-refractivity contribution in [3.63, 3.8) is 0 Å². The molecule has 0 aliphatic carbocycles. The van der Waals surface area contributed by atoms with Gasteiger partial charge in [0.05, 0.1) is 18.7 Å². The summed E-state index contributed by atoms with van der Waals surface area (Å²) in [5.74, 6) is 0.437. The average Bonchev–Trinajstić information content (AvgIpc) is 3.15. The first-order valence-corrected chi connectivity index (χ1v) is 10.4. The van der Waals surface area contributed by atoms with E-state index in [-0.39, 0.29) is 11.8 Å². The second-order valence-corrected chi connectivity index (χ2v) is 8.26. The van der Waals surface area contributed by atoms with Crippen molar-refractivity contribution in [1.82, 2.24) is 9.97 Å². The van der Waals surface area contributed by atoms with E-state index in [2.05, 4.69) is 20.2 Å². The maximum Gasteiger partial charge on any atom is 0.229 e. The minimum absolute atomic E-state index is 0.0102. The Balaban J connectivity index is 1.50. The molecule has 1 aliphatic heterocycles. The van der Waals surface area contributed by atoms with Crippen LogP contribution in [0.5, 0.6) is 5.75 Å². The van der Waals surface area contributed by atoms with E-state index in [1.807, 2.05) is 25.1 Å². The van der Waals surface area contributed by atoms with Crippen LogP contribution >= 0.6 is 22.9 Å². The number of thiazole rings is 1. The van der Waals surface area contributed by atoms with Crippen LogP contribution in [0.2, 0.25) is 5.02 Å². The number of anilines is 2. The number of pyridine rings is 1. The summed E-state index contributed by atoms with van der Waals surface area (Å²) in [6, 6.07) is 7.43. The molecule has 1 aliphatic rings. The molecular weight excluding hydrogens is 396 g/mol. The molecule has 1 saturated heterocycles. The molecule has 3 heterocycles. The van der Waals surface area contributed by atoms with Crippen LogP contribution in [0, 0.1) is 12.8 Å². The quantitative estimate of drug-likeness (QED) is 0.677. The zero-order valence-corrected chi connectivity index (χ0v) is 17.3. The van der Waals surface area contributed by atoms with E-state index in [4.69, 9.17) is 16.3 Å². The lowest BCUT2D eigenvalue weighted by Gasteiger charge is -2.31. The van der Waals surface area contributed by atoms with E-state index in [1.54, 1.807) is 30.7 Å². The molecule has 0 saturated carbocycles. The molecule has 1 fully saturated rings. The lowest BCUT2D eigenvalue weighted by atomic mass is 9.97. The van der Waals surface area contributed by atoms with Crippen LogP contribution in [0.15, 0.2) is 30.5 Å². The molecule has 1 N–H and O–H groups in total. The number of rotatable bonds is 4. The van der Waals surface area contributed by atoms with Gasteiger partial charge in [0.25, 0.3) is 0 Å². The number of carbonyl (C=O) groups is 1. The summed E-state index contributed by atoms with van der Waals surface area (Å²) < 4.78 is 5.37. The minimum atomic E-state index is -0.116. The number of piperidine rings is 1. The third-order valence-electron chi connectivity index (χ3n) is 4.96. The molecule has 28 heavy (non-hydrogen) atoms. The van der Waals surface area contributed by atoms with Crippen LogP contribution in [0.4, 0.5) is 10.8 Å². The maximum atomic E-state index is 12.9. The zero-order valence-electron chi connectivity index (χ0n) is 15.7. The molecule has 3 aromatic rings. The number of methoxy groups -OCH3 is 1. The van der Waals surface area contributed by atoms with Gasteiger partial charge in [0.1, 0.15) is 16.1 Å². The number of amides is 1. The molecule has 0 spiro atoms. The molecule has 4 rings (SSSR count). The molecule has 0 unspecified atom stereocenters. The summed E-state index contributed by atoms with van der Waals surface area (Å²) in [6.07, 6.45) is 3.57. The number of carbonyl (C=O) groups excluding carboxylic acids is 1. The first-order chi connectivity index (χ1) is 13.5. The second kappa shape index (κ2) is 7.93. The van der Waals surface area contributed by atoms with Gasteiger partial charge >= 0.3 is 0 Å². The monoisotopic (exact) mass is 416 g/mol. The van der Waals surface area contributed by atoms with E-state index in [1.165, 1.54) is 0 Å². The number of nitrogens with one attached hydrogen (secondary N) is 1. The number of halogens is 1. The van der Waals surface area contributed by atoms with Gasteiger partial charge in [0.15, 0.2) is 5.13 Å². The van der Waals surface area contributed by atoms with E-state index in [0.717, 1.165) is 40.4 Å². The van der Waals surface area contributed by atoms with Crippen LogP contribution in [-0.4, -0.2) is 36.1 Å². The number of hydrogen-bond donors (Lipinski definition) is 1. The van der Waals surface area contributed by atoms with Gasteiger partial charge in [-0.05, 0) is 43.5 Å². The molecule has 0 bridgehead atoms. The van der Waals surface area contributed by atoms with Crippen LogP contribution in [0.3, 0.4) is 0 Å². The smallest absolute Gasteiger partial charge is 0.229 e. The molecule has 8 heteroatoms. The highest BCUT2D eigenvalue weighted by atomic mass is 35.5. The SMILES string of the molecule is COc1cc(Cl)c(C)cc1NC(=O)[C@H]1CCCN(c2nc3cccnc3s2)C1. The highest BCUT2D eigenvalue weighted by molar-refractivity contribution is 7.21. The van der Waals surface area contributed by atoms with Gasteiger partial charge in [-0.1, -0.05) is 22.9 Å². The second-order valence-electron chi connectivity index (χ2n) is 6.90. The Morgan fingerprint density at radius 3 is 3.07 bits per heavy atom. The summed E-state index contributed by atoms with van der Waals surface area (Å²) in [5, 5.41) is 4.56. The lowest BCUT2D eigenvalue weighted by Crippen LogP contribution is -2.40. The summed E-state index contributed by atoms with van der Waals surface area (Å²) in [7, 11) is 1.57. The number of fused-ring (bicyclic) bond motifs is 1. The minimum Gasteiger partial charge on any atom is -0.495 e. The molecule has 1 aromatic carbocycles. The first-order valence-electron chi connectivity index (χ1n) is 9.16. The highest BCUT2D eigenvalue weighted by Gasteiger charge is 2.28. The van der Waals surface area contributed by atoms with Gasteiger partial charge in [-0.25, -0.2) is 9.97 Å². The number of nitrogens with zero attached hydrogens (tertiary/aromatic N) is 3. The van der Waals surface area contributed by atoms with Crippen LogP contribution < -0.4 is 15.0 Å². The van der Waals surface area contributed by atoms with Crippen molar-refractivity contribution >= 4 is 50.0 Å². The zero-order chi connectivity index (χ0) is 19.7. The van der Waals surface area contributed by atoms with Gasteiger partial charge in [0.2, 0.25) is 5.91 Å². The fourth-order valence-electron chi connectivity index (χ4n) is 3.42. The predicted molar refractivity (Wildman–Crippen MR) is 114 cm³/mol. The molecule has 0 radical (unpaired) electrons. The Bertz CT molecular complexity index is 990. The Labute approximate surface area is 172 Å². The summed E-state index contributed by atoms with van der Waals surface area (Å²) >= 11 is 7.73. The molecule has 2 aromatic heterocycles. The maximum absolute atomic E-state index is 12.9. The predicted octanol–water partition coefficient (Wildman–Crippen LogP) is 4.52. The van der Waals surface area contributed by atoms with E-state index in [0.29, 0.717) is 23.0 Å². The fraction of sp³-hybridized carbons (Fsp3) is 0.350. The van der Waals surface area contributed by atoms with Crippen molar-refractivity contribution in [2.45, 2.75) is 19.8 Å². The third kappa shape index (κ3) is 3.77. The van der Waals surface area contributed by atoms with Crippen molar-refractivity contribution in [2.24, 2.45) is 5.92 Å². The van der Waals surface area contributed by atoms with Crippen LogP contribution in [-0.2, 0) is 4.79 Å². The van der Waals surface area contributed by atoms with Crippen molar-refractivity contribution in [2.75, 3.05) is 30.4 Å². The summed E-state index contributed by atoms with van der Waals surface area (Å²) in [4.78, 5) is 25.1. The normalized spacial score (nSPS) is 17.0. The largest absolute Gasteiger partial charge is 0.495 e. The van der Waals surface area contributed by atoms with Crippen molar-refractivity contribution in [1.29, 1.82) is 0 Å². The number of aryl methyl sites for hydroxylation is 1. The molecular formula is C20H21ClN4O2S. The Morgan fingerprint density at radius 1 is 1.43 bits per heavy atom. The van der Waals surface area contributed by atoms with E-state index >= 15 is 0 Å². The fourth-order valence-corrected chi connectivity index (χ4v) is 4.52. The van der Waals surface area contributed by atoms with E-state index < -0.39 is 0 Å². The van der Waals surface area contributed by atoms with Gasteiger partial charge in [-0.15, -0.1) is 0 Å². The Kier molecular flexibility index (Phi) is 5.37. The average molecular weight is 417 g/mol. The van der Waals surface area contributed by atoms with Crippen LogP contribution in [0.1, 0.15) is 18.4 Å². The van der Waals surface area contributed by atoms with Crippen molar-refractivity contribution in [3.05, 3.63) is 41.0 Å². The molecule has 1 atom stereocenters. The highest BCUT2D eigenvalue weighted by Crippen LogP contribution is 2.33. The molecule has 1 amide bonds. The Hall–Kier alpha value is -2.38. The van der Waals surface area contributed by atoms with Gasteiger partial charge in [-0.2, -0.15) is 0 Å². The first kappa shape index (κ1) is 19.0. The topological polar surface area (TPSA) is 67.3 Å². The van der Waals surface area contributed by atoms with Crippen LogP contribution in [0.25, 0.3) is 10.3 Å². The van der Waals surface area contributed by atoms with Gasteiger partial charge in [-0.3, -0.25) is 4.79 Å². The summed E-state index contributed by atoms with van der Waals surface area (Å²) in [5.41, 5.74) is 2.44. The van der Waals surface area contributed by atoms with E-state index in [9.17, 15) is 4.79 Å². The standard InChI is InChI=1S/C20H21ClN4O2S/c1-12-9-16(17(27-2)10-14(12)21)23-18(26)13-5-4-8-25(11-13)20-24-15-6-3-7-22-19(15)28-20/h3,6-7,9-10,13H,4-5,8,11H2,1-2H3,(H,23,26)/t13-/m0/s1. The summed E-state index contributed by atoms with van der Waals surface area (Å²) in [6.45, 7) is 3.44. The number of hydrogen-bond acceptors (Lipinski definition) is 6. The Morgan fingerprint density at radius 2 is 2.29 bits per heavy atom. The van der Waals surface area contributed by atoms with Crippen molar-refractivity contribution < 1.29 is 9.53 Å². The molecule has 146 valence electrons. The number of ether oxygens (including phenoxy) is 1. The number of benzene rings is 1. The molecule has 6 nitrogen and oxygen atoms in total. The number of aromatic nitrogens is 2. The lowest BCUT2D eigenvalue weighted by molar-refractivity contribution is -0.120.